The summed E-state index contributed by atoms with van der Waals surface area (Å²) in [7, 11) is 1.38. The second kappa shape index (κ2) is 2.88. The Kier molecular flexibility index (Phi) is 1.92. The average Bonchev–Trinajstić information content (AvgIpc) is 2.36. The minimum Gasteiger partial charge on any atom is -0.495 e. The van der Waals surface area contributed by atoms with Gasteiger partial charge < -0.3 is 14.2 Å². The molecule has 0 radical (unpaired) electrons. The van der Waals surface area contributed by atoms with E-state index in [0.717, 1.165) is 0 Å². The molecule has 14 heavy (non-hydrogen) atoms. The molecule has 3 nitrogen and oxygen atoms in total. The minimum absolute atomic E-state index is 0.0868. The third kappa shape index (κ3) is 1.43. The first-order valence-electron chi connectivity index (χ1n) is 3.65. The van der Waals surface area contributed by atoms with E-state index in [9.17, 15) is 8.78 Å². The number of methoxy groups -OCH3 is 1. The molecule has 0 spiro atoms. The Labute approximate surface area is 83.1 Å². The van der Waals surface area contributed by atoms with Gasteiger partial charge >= 0.3 is 6.29 Å². The van der Waals surface area contributed by atoms with E-state index < -0.39 is 6.29 Å². The van der Waals surface area contributed by atoms with Gasteiger partial charge in [-0.05, 0) is 0 Å². The molecule has 1 aromatic carbocycles. The van der Waals surface area contributed by atoms with Gasteiger partial charge in [0.1, 0.15) is 5.75 Å². The van der Waals surface area contributed by atoms with Crippen LogP contribution in [0.1, 0.15) is 0 Å². The monoisotopic (exact) mass is 222 g/mol. The maximum atomic E-state index is 12.6. The summed E-state index contributed by atoms with van der Waals surface area (Å²) in [4.78, 5) is 0. The Hall–Kier alpha value is -1.23. The number of fused-ring (bicyclic) bond motifs is 1. The number of alkyl halides is 2. The summed E-state index contributed by atoms with van der Waals surface area (Å²) >= 11 is 5.70. The fourth-order valence-corrected chi connectivity index (χ4v) is 1.34. The smallest absolute Gasteiger partial charge is 0.495 e. The van der Waals surface area contributed by atoms with Crippen molar-refractivity contribution in [3.05, 3.63) is 17.2 Å². The quantitative estimate of drug-likeness (QED) is 0.731. The molecule has 0 unspecified atom stereocenters. The Morgan fingerprint density at radius 2 is 1.86 bits per heavy atom. The number of hydrogen-bond acceptors (Lipinski definition) is 3. The summed E-state index contributed by atoms with van der Waals surface area (Å²) in [5.74, 6) is 0.0729. The highest BCUT2D eigenvalue weighted by molar-refractivity contribution is 6.32. The second-order valence-corrected chi connectivity index (χ2v) is 3.01. The molecule has 76 valence electrons. The van der Waals surface area contributed by atoms with Crippen molar-refractivity contribution in [1.82, 2.24) is 0 Å². The number of ether oxygens (including phenoxy) is 3. The summed E-state index contributed by atoms with van der Waals surface area (Å²) in [5.41, 5.74) is 0. The predicted octanol–water partition coefficient (Wildman–Crippen LogP) is 2.67. The molecular weight excluding hydrogens is 218 g/mol. The fraction of sp³-hybridized carbons (Fsp3) is 0.250. The fourth-order valence-electron chi connectivity index (χ4n) is 1.11. The first-order valence-corrected chi connectivity index (χ1v) is 4.03. The van der Waals surface area contributed by atoms with Crippen LogP contribution in [0.3, 0.4) is 0 Å². The standard InChI is InChI=1S/C8H5ClF2O3/c1-12-5-3-7-6(2-4(5)9)13-8(10,11)14-7/h2-3H,1H3. The summed E-state index contributed by atoms with van der Waals surface area (Å²) in [6.07, 6.45) is -3.63. The van der Waals surface area contributed by atoms with Crippen LogP contribution in [0.25, 0.3) is 0 Å². The van der Waals surface area contributed by atoms with Crippen molar-refractivity contribution < 1.29 is 23.0 Å². The maximum Gasteiger partial charge on any atom is 0.586 e. The molecule has 2 rings (SSSR count). The summed E-state index contributed by atoms with van der Waals surface area (Å²) in [6.45, 7) is 0. The number of halogens is 3. The van der Waals surface area contributed by atoms with E-state index in [1.165, 1.54) is 19.2 Å². The molecule has 1 heterocycles. The Morgan fingerprint density at radius 1 is 1.29 bits per heavy atom. The zero-order valence-electron chi connectivity index (χ0n) is 7.01. The number of hydrogen-bond donors (Lipinski definition) is 0. The van der Waals surface area contributed by atoms with E-state index in [2.05, 4.69) is 9.47 Å². The van der Waals surface area contributed by atoms with Crippen molar-refractivity contribution in [2.24, 2.45) is 0 Å². The van der Waals surface area contributed by atoms with E-state index >= 15 is 0 Å². The average molecular weight is 223 g/mol. The van der Waals surface area contributed by atoms with Gasteiger partial charge in [-0.2, -0.15) is 0 Å². The summed E-state index contributed by atoms with van der Waals surface area (Å²) in [6, 6.07) is 2.47. The van der Waals surface area contributed by atoms with Crippen LogP contribution in [0, 0.1) is 0 Å². The SMILES string of the molecule is COc1cc2c(cc1Cl)OC(F)(F)O2. The van der Waals surface area contributed by atoms with Crippen LogP contribution < -0.4 is 14.2 Å². The molecule has 1 aliphatic rings. The van der Waals surface area contributed by atoms with E-state index in [4.69, 9.17) is 16.3 Å². The first kappa shape index (κ1) is 9.33. The number of rotatable bonds is 1. The molecule has 0 atom stereocenters. The van der Waals surface area contributed by atoms with Crippen molar-refractivity contribution in [1.29, 1.82) is 0 Å². The number of benzene rings is 1. The Morgan fingerprint density at radius 3 is 2.43 bits per heavy atom. The van der Waals surface area contributed by atoms with Crippen LogP contribution in [-0.4, -0.2) is 13.4 Å². The second-order valence-electron chi connectivity index (χ2n) is 2.60. The molecule has 1 aliphatic heterocycles. The molecule has 0 saturated heterocycles. The van der Waals surface area contributed by atoms with Crippen molar-refractivity contribution in [2.75, 3.05) is 7.11 Å². The van der Waals surface area contributed by atoms with Crippen LogP contribution in [0.2, 0.25) is 5.02 Å². The van der Waals surface area contributed by atoms with Crippen LogP contribution >= 0.6 is 11.6 Å². The highest BCUT2D eigenvalue weighted by Crippen LogP contribution is 2.45. The highest BCUT2D eigenvalue weighted by atomic mass is 35.5. The molecule has 6 heteroatoms. The van der Waals surface area contributed by atoms with E-state index in [1.54, 1.807) is 0 Å². The lowest BCUT2D eigenvalue weighted by molar-refractivity contribution is -0.286. The molecule has 0 fully saturated rings. The van der Waals surface area contributed by atoms with E-state index in [-0.39, 0.29) is 22.3 Å². The zero-order valence-corrected chi connectivity index (χ0v) is 7.77. The van der Waals surface area contributed by atoms with Gasteiger partial charge in [0.15, 0.2) is 11.5 Å². The molecule has 0 N–H and O–H groups in total. The van der Waals surface area contributed by atoms with E-state index in [1.807, 2.05) is 0 Å². The van der Waals surface area contributed by atoms with Gasteiger partial charge in [0.25, 0.3) is 0 Å². The van der Waals surface area contributed by atoms with Gasteiger partial charge in [0.05, 0.1) is 12.1 Å². The molecule has 0 saturated carbocycles. The van der Waals surface area contributed by atoms with Gasteiger partial charge in [-0.3, -0.25) is 0 Å². The predicted molar refractivity (Wildman–Crippen MR) is 44.2 cm³/mol. The molecule has 0 aromatic heterocycles. The zero-order chi connectivity index (χ0) is 10.3. The lowest BCUT2D eigenvalue weighted by atomic mass is 10.3. The van der Waals surface area contributed by atoms with Crippen LogP contribution in [0.4, 0.5) is 8.78 Å². The van der Waals surface area contributed by atoms with Crippen molar-refractivity contribution >= 4 is 11.6 Å². The van der Waals surface area contributed by atoms with Crippen molar-refractivity contribution in [3.63, 3.8) is 0 Å². The Balaban J connectivity index is 2.44. The molecular formula is C8H5ClF2O3. The van der Waals surface area contributed by atoms with Gasteiger partial charge in [0, 0.05) is 12.1 Å². The van der Waals surface area contributed by atoms with Crippen molar-refractivity contribution in [3.8, 4) is 17.2 Å². The lowest BCUT2D eigenvalue weighted by Gasteiger charge is -2.04. The molecule has 1 aromatic rings. The van der Waals surface area contributed by atoms with Crippen LogP contribution in [0.5, 0.6) is 17.2 Å². The minimum atomic E-state index is -3.63. The Bertz CT molecular complexity index is 381. The normalized spacial score (nSPS) is 16.9. The third-order valence-electron chi connectivity index (χ3n) is 1.68. The van der Waals surface area contributed by atoms with Crippen molar-refractivity contribution in [2.45, 2.75) is 6.29 Å². The van der Waals surface area contributed by atoms with Gasteiger partial charge in [0.2, 0.25) is 0 Å². The first-order chi connectivity index (χ1) is 6.52. The summed E-state index contributed by atoms with van der Waals surface area (Å²) < 4.78 is 38.4. The van der Waals surface area contributed by atoms with Gasteiger partial charge in [-0.25, -0.2) is 0 Å². The van der Waals surface area contributed by atoms with Gasteiger partial charge in [-0.15, -0.1) is 8.78 Å². The topological polar surface area (TPSA) is 27.7 Å². The van der Waals surface area contributed by atoms with Crippen LogP contribution in [-0.2, 0) is 0 Å². The maximum absolute atomic E-state index is 12.6. The lowest BCUT2D eigenvalue weighted by Crippen LogP contribution is -2.25. The molecule has 0 bridgehead atoms. The largest absolute Gasteiger partial charge is 0.586 e. The van der Waals surface area contributed by atoms with Crippen LogP contribution in [0.15, 0.2) is 12.1 Å². The molecule has 0 amide bonds. The van der Waals surface area contributed by atoms with Gasteiger partial charge in [-0.1, -0.05) is 11.6 Å². The highest BCUT2D eigenvalue weighted by Gasteiger charge is 2.43. The molecule has 0 aliphatic carbocycles. The van der Waals surface area contributed by atoms with E-state index in [0.29, 0.717) is 0 Å². The summed E-state index contributed by atoms with van der Waals surface area (Å²) in [5, 5.41) is 0.188. The third-order valence-corrected chi connectivity index (χ3v) is 1.97.